The van der Waals surface area contributed by atoms with E-state index >= 15 is 8.78 Å². The van der Waals surface area contributed by atoms with Crippen molar-refractivity contribution >= 4 is 22.6 Å². The minimum Gasteiger partial charge on any atom is -0.488 e. The smallest absolute Gasteiger partial charge is 0.405 e. The van der Waals surface area contributed by atoms with E-state index < -0.39 is 35.2 Å². The summed E-state index contributed by atoms with van der Waals surface area (Å²) in [7, 11) is 0. The highest BCUT2D eigenvalue weighted by atomic mass is 19.1. The van der Waals surface area contributed by atoms with E-state index in [1.54, 1.807) is 49.4 Å². The zero-order chi connectivity index (χ0) is 26.5. The zero-order valence-electron chi connectivity index (χ0n) is 20.2. The normalized spacial score (nSPS) is 11.7. The van der Waals surface area contributed by atoms with E-state index in [0.717, 1.165) is 11.6 Å². The largest absolute Gasteiger partial charge is 0.488 e. The summed E-state index contributed by atoms with van der Waals surface area (Å²) in [5.41, 5.74) is 4.80. The van der Waals surface area contributed by atoms with Crippen molar-refractivity contribution < 1.29 is 32.6 Å². The number of halogens is 2. The molecule has 2 N–H and O–H groups in total. The molecule has 1 amide bonds. The molecule has 1 unspecified atom stereocenters. The summed E-state index contributed by atoms with van der Waals surface area (Å²) in [6, 6.07) is 16.2. The molecule has 37 heavy (non-hydrogen) atoms. The molecule has 1 heterocycles. The summed E-state index contributed by atoms with van der Waals surface area (Å²) in [6.45, 7) is 3.47. The van der Waals surface area contributed by atoms with Crippen LogP contribution in [0.4, 0.5) is 13.6 Å². The summed E-state index contributed by atoms with van der Waals surface area (Å²) in [5.74, 6) is -3.17. The highest BCUT2D eigenvalue weighted by molar-refractivity contribution is 6.17. The Bertz CT molecular complexity index is 1460. The Labute approximate surface area is 211 Å². The molecule has 4 aromatic rings. The van der Waals surface area contributed by atoms with Gasteiger partial charge in [0.25, 0.3) is 0 Å². The van der Waals surface area contributed by atoms with Crippen LogP contribution in [0.2, 0.25) is 0 Å². The number of nitrogens with zero attached hydrogens (tertiary/aromatic N) is 1. The number of nitrogens with two attached hydrogens (primary N) is 1. The van der Waals surface area contributed by atoms with Crippen molar-refractivity contribution in [1.29, 1.82) is 0 Å². The molecule has 190 valence electrons. The minimum atomic E-state index is -1.27. The maximum absolute atomic E-state index is 15.9. The number of carbonyl (C=O) groups is 2. The lowest BCUT2D eigenvalue weighted by Crippen LogP contribution is -2.19. The predicted molar refractivity (Wildman–Crippen MR) is 133 cm³/mol. The van der Waals surface area contributed by atoms with E-state index in [4.69, 9.17) is 19.9 Å². The van der Waals surface area contributed by atoms with Crippen LogP contribution in [0.1, 0.15) is 47.0 Å². The molecule has 0 bridgehead atoms. The van der Waals surface area contributed by atoms with Crippen LogP contribution in [0.25, 0.3) is 10.8 Å². The Morgan fingerprint density at radius 1 is 1.00 bits per heavy atom. The zero-order valence-corrected chi connectivity index (χ0v) is 20.2. The molecule has 0 aliphatic heterocycles. The number of amides is 1. The fourth-order valence-electron chi connectivity index (χ4n) is 4.05. The van der Waals surface area contributed by atoms with Crippen molar-refractivity contribution in [2.45, 2.75) is 26.6 Å². The average Bonchev–Trinajstić information content (AvgIpc) is 2.87. The molecule has 1 aromatic heterocycles. The van der Waals surface area contributed by atoms with E-state index in [1.165, 1.54) is 19.2 Å². The first-order valence-electron chi connectivity index (χ1n) is 11.5. The monoisotopic (exact) mass is 506 g/mol. The standard InChI is InChI=1S/C28H24F2N2O5/c1-3-35-27-20-11-7-10-19(18(20)12-13-32-27)26(33)24-21(29)14-22(36-15-17-8-5-4-6-9-17)23(25(24)30)16(2)37-28(31)34/h4-14,16H,3,15H2,1-2H3,(H2,31,34). The summed E-state index contributed by atoms with van der Waals surface area (Å²) >= 11 is 0. The minimum absolute atomic E-state index is 0.0141. The molecule has 0 fully saturated rings. The van der Waals surface area contributed by atoms with Crippen molar-refractivity contribution in [2.24, 2.45) is 5.73 Å². The van der Waals surface area contributed by atoms with Crippen LogP contribution in [-0.4, -0.2) is 23.5 Å². The molecular weight excluding hydrogens is 482 g/mol. The van der Waals surface area contributed by atoms with E-state index in [1.807, 2.05) is 6.07 Å². The van der Waals surface area contributed by atoms with Gasteiger partial charge < -0.3 is 19.9 Å². The maximum atomic E-state index is 15.9. The molecular formula is C28H24F2N2O5. The number of hydrogen-bond acceptors (Lipinski definition) is 6. The SMILES string of the molecule is CCOc1nccc2c(C(=O)c3c(F)cc(OCc4ccccc4)c(C(C)OC(N)=O)c3F)cccc12. The van der Waals surface area contributed by atoms with Gasteiger partial charge in [0.05, 0.1) is 17.7 Å². The summed E-state index contributed by atoms with van der Waals surface area (Å²) < 4.78 is 47.5. The van der Waals surface area contributed by atoms with E-state index in [0.29, 0.717) is 23.3 Å². The number of ketones is 1. The topological polar surface area (TPSA) is 101 Å². The van der Waals surface area contributed by atoms with Crippen molar-refractivity contribution in [1.82, 2.24) is 4.98 Å². The molecule has 0 radical (unpaired) electrons. The second kappa shape index (κ2) is 11.0. The number of rotatable bonds is 9. The molecule has 0 spiro atoms. The van der Waals surface area contributed by atoms with Crippen LogP contribution in [-0.2, 0) is 11.3 Å². The first kappa shape index (κ1) is 25.6. The van der Waals surface area contributed by atoms with Crippen LogP contribution in [0.3, 0.4) is 0 Å². The van der Waals surface area contributed by atoms with Gasteiger partial charge in [-0.25, -0.2) is 18.6 Å². The van der Waals surface area contributed by atoms with Crippen LogP contribution >= 0.6 is 0 Å². The lowest BCUT2D eigenvalue weighted by molar-refractivity contribution is 0.102. The number of hydrogen-bond donors (Lipinski definition) is 1. The fraction of sp³-hybridized carbons (Fsp3) is 0.179. The van der Waals surface area contributed by atoms with Gasteiger partial charge in [-0.05, 0) is 36.9 Å². The van der Waals surface area contributed by atoms with Crippen molar-refractivity contribution in [3.05, 3.63) is 101 Å². The number of aromatic nitrogens is 1. The average molecular weight is 507 g/mol. The van der Waals surface area contributed by atoms with Gasteiger partial charge in [0.1, 0.15) is 30.1 Å². The van der Waals surface area contributed by atoms with Gasteiger partial charge in [-0.2, -0.15) is 0 Å². The van der Waals surface area contributed by atoms with Crippen LogP contribution in [0.5, 0.6) is 11.6 Å². The maximum Gasteiger partial charge on any atom is 0.405 e. The van der Waals surface area contributed by atoms with E-state index in [2.05, 4.69) is 4.98 Å². The van der Waals surface area contributed by atoms with Gasteiger partial charge in [-0.1, -0.05) is 42.5 Å². The van der Waals surface area contributed by atoms with Gasteiger partial charge in [-0.3, -0.25) is 4.79 Å². The molecule has 7 nitrogen and oxygen atoms in total. The lowest BCUT2D eigenvalue weighted by atomic mass is 9.94. The van der Waals surface area contributed by atoms with Crippen LogP contribution < -0.4 is 15.2 Å². The van der Waals surface area contributed by atoms with Gasteiger partial charge >= 0.3 is 6.09 Å². The molecule has 0 aliphatic rings. The summed E-state index contributed by atoms with van der Waals surface area (Å²) in [6.07, 6.45) is -0.981. The third-order valence-corrected chi connectivity index (χ3v) is 5.68. The number of fused-ring (bicyclic) bond motifs is 1. The van der Waals surface area contributed by atoms with Crippen molar-refractivity contribution in [2.75, 3.05) is 6.61 Å². The lowest BCUT2D eigenvalue weighted by Gasteiger charge is -2.20. The molecule has 0 saturated heterocycles. The third kappa shape index (κ3) is 5.35. The summed E-state index contributed by atoms with van der Waals surface area (Å²) in [5, 5.41) is 0.932. The second-order valence-electron chi connectivity index (χ2n) is 8.09. The van der Waals surface area contributed by atoms with E-state index in [-0.39, 0.29) is 23.5 Å². The Morgan fingerprint density at radius 2 is 1.76 bits per heavy atom. The molecule has 4 rings (SSSR count). The van der Waals surface area contributed by atoms with Gasteiger partial charge in [-0.15, -0.1) is 0 Å². The Kier molecular flexibility index (Phi) is 7.62. The predicted octanol–water partition coefficient (Wildman–Crippen LogP) is 5.88. The molecule has 3 aromatic carbocycles. The van der Waals surface area contributed by atoms with Crippen LogP contribution in [0.15, 0.2) is 66.9 Å². The second-order valence-corrected chi connectivity index (χ2v) is 8.09. The third-order valence-electron chi connectivity index (χ3n) is 5.68. The first-order chi connectivity index (χ1) is 17.8. The Morgan fingerprint density at radius 3 is 2.46 bits per heavy atom. The van der Waals surface area contributed by atoms with E-state index in [9.17, 15) is 9.59 Å². The first-order valence-corrected chi connectivity index (χ1v) is 11.5. The Hall–Kier alpha value is -4.53. The highest BCUT2D eigenvalue weighted by Crippen LogP contribution is 2.36. The number of primary amides is 1. The quantitative estimate of drug-likeness (QED) is 0.285. The van der Waals surface area contributed by atoms with Gasteiger partial charge in [0.15, 0.2) is 5.78 Å². The number of carbonyl (C=O) groups excluding carboxylic acids is 2. The fourth-order valence-corrected chi connectivity index (χ4v) is 4.05. The number of ether oxygens (including phenoxy) is 3. The van der Waals surface area contributed by atoms with Gasteiger partial charge in [0, 0.05) is 23.2 Å². The summed E-state index contributed by atoms with van der Waals surface area (Å²) in [4.78, 5) is 29.1. The highest BCUT2D eigenvalue weighted by Gasteiger charge is 2.30. The molecule has 0 aliphatic carbocycles. The molecule has 9 heteroatoms. The van der Waals surface area contributed by atoms with Crippen LogP contribution in [0, 0.1) is 11.6 Å². The Balaban J connectivity index is 1.82. The molecule has 1 atom stereocenters. The molecule has 0 saturated carbocycles. The van der Waals surface area contributed by atoms with Gasteiger partial charge in [0.2, 0.25) is 5.88 Å². The van der Waals surface area contributed by atoms with Crippen molar-refractivity contribution in [3.8, 4) is 11.6 Å². The number of pyridine rings is 1. The van der Waals surface area contributed by atoms with Crippen molar-refractivity contribution in [3.63, 3.8) is 0 Å². The number of benzene rings is 3.